The third-order valence-electron chi connectivity index (χ3n) is 2.32. The zero-order valence-corrected chi connectivity index (χ0v) is 8.91. The summed E-state index contributed by atoms with van der Waals surface area (Å²) in [5.41, 5.74) is 7.29. The molecular weight excluding hydrogens is 180 g/mol. The van der Waals surface area contributed by atoms with Crippen molar-refractivity contribution in [2.45, 2.75) is 26.3 Å². The Balaban J connectivity index is 2.84. The number of rotatable bonds is 4. The van der Waals surface area contributed by atoms with Crippen LogP contribution in [0.1, 0.15) is 19.0 Å². The predicted octanol–water partition coefficient (Wildman–Crippen LogP) is 0.494. The molecular formula is C9H18N4O. The van der Waals surface area contributed by atoms with Crippen molar-refractivity contribution >= 4 is 11.5 Å². The molecule has 4 N–H and O–H groups in total. The van der Waals surface area contributed by atoms with E-state index in [9.17, 15) is 0 Å². The number of aryl methyl sites for hydroxylation is 2. The van der Waals surface area contributed by atoms with Crippen molar-refractivity contribution in [1.29, 1.82) is 0 Å². The van der Waals surface area contributed by atoms with Crippen molar-refractivity contribution in [3.8, 4) is 0 Å². The van der Waals surface area contributed by atoms with Crippen LogP contribution in [0, 0.1) is 6.92 Å². The van der Waals surface area contributed by atoms with Gasteiger partial charge < -0.3 is 16.2 Å². The maximum absolute atomic E-state index is 9.04. The molecule has 0 aliphatic carbocycles. The molecule has 0 fully saturated rings. The Morgan fingerprint density at radius 3 is 2.64 bits per heavy atom. The first kappa shape index (κ1) is 10.8. The summed E-state index contributed by atoms with van der Waals surface area (Å²) >= 11 is 0. The molecule has 0 radical (unpaired) electrons. The molecule has 1 heterocycles. The van der Waals surface area contributed by atoms with Crippen molar-refractivity contribution in [3.05, 3.63) is 5.69 Å². The van der Waals surface area contributed by atoms with E-state index in [2.05, 4.69) is 10.4 Å². The van der Waals surface area contributed by atoms with Gasteiger partial charge in [0.05, 0.1) is 24.0 Å². The Morgan fingerprint density at radius 2 is 2.29 bits per heavy atom. The van der Waals surface area contributed by atoms with Crippen molar-refractivity contribution in [2.24, 2.45) is 7.05 Å². The molecule has 80 valence electrons. The van der Waals surface area contributed by atoms with E-state index in [1.807, 2.05) is 20.9 Å². The number of aromatic nitrogens is 2. The van der Waals surface area contributed by atoms with Gasteiger partial charge in [-0.25, -0.2) is 0 Å². The van der Waals surface area contributed by atoms with Gasteiger partial charge in [0.25, 0.3) is 0 Å². The van der Waals surface area contributed by atoms with Crippen molar-refractivity contribution in [1.82, 2.24) is 9.78 Å². The molecule has 1 rings (SSSR count). The molecule has 1 unspecified atom stereocenters. The van der Waals surface area contributed by atoms with Gasteiger partial charge in [-0.2, -0.15) is 5.10 Å². The van der Waals surface area contributed by atoms with E-state index in [0.29, 0.717) is 5.69 Å². The third kappa shape index (κ3) is 1.98. The van der Waals surface area contributed by atoms with Crippen LogP contribution < -0.4 is 11.1 Å². The van der Waals surface area contributed by atoms with E-state index in [-0.39, 0.29) is 12.6 Å². The molecule has 0 aliphatic heterocycles. The number of aliphatic hydroxyl groups excluding tert-OH is 1. The lowest BCUT2D eigenvalue weighted by Gasteiger charge is -2.15. The lowest BCUT2D eigenvalue weighted by molar-refractivity contribution is 0.271. The Hall–Kier alpha value is -1.23. The molecule has 0 aromatic carbocycles. The fourth-order valence-corrected chi connectivity index (χ4v) is 1.32. The zero-order valence-electron chi connectivity index (χ0n) is 8.91. The van der Waals surface area contributed by atoms with Crippen LogP contribution in [0.2, 0.25) is 0 Å². The molecule has 0 amide bonds. The van der Waals surface area contributed by atoms with Crippen LogP contribution in [0.3, 0.4) is 0 Å². The Bertz CT molecular complexity index is 304. The molecule has 14 heavy (non-hydrogen) atoms. The lowest BCUT2D eigenvalue weighted by Crippen LogP contribution is -2.24. The molecule has 0 aliphatic rings. The number of nitrogens with one attached hydrogen (secondary N) is 1. The highest BCUT2D eigenvalue weighted by molar-refractivity contribution is 5.64. The second-order valence-electron chi connectivity index (χ2n) is 3.40. The number of nitrogen functional groups attached to an aromatic ring is 1. The number of hydrogen-bond donors (Lipinski definition) is 3. The number of nitrogens with zero attached hydrogens (tertiary/aromatic N) is 2. The Morgan fingerprint density at radius 1 is 1.64 bits per heavy atom. The Labute approximate surface area is 83.9 Å². The number of aliphatic hydroxyl groups is 1. The standard InChI is InChI=1S/C9H18N4O/c1-4-7(5-14)11-9-8(10)6(2)12-13(9)3/h7,11,14H,4-5,10H2,1-3H3. The minimum absolute atomic E-state index is 0.0344. The van der Waals surface area contributed by atoms with Crippen LogP contribution in [0.15, 0.2) is 0 Å². The van der Waals surface area contributed by atoms with Gasteiger partial charge in [0, 0.05) is 7.05 Å². The monoisotopic (exact) mass is 198 g/mol. The summed E-state index contributed by atoms with van der Waals surface area (Å²) in [6.07, 6.45) is 0.847. The number of hydrogen-bond acceptors (Lipinski definition) is 4. The minimum atomic E-state index is 0.0344. The summed E-state index contributed by atoms with van der Waals surface area (Å²) in [5, 5.41) is 16.4. The van der Waals surface area contributed by atoms with Crippen LogP contribution in [0.4, 0.5) is 11.5 Å². The highest BCUT2D eigenvalue weighted by atomic mass is 16.3. The van der Waals surface area contributed by atoms with Gasteiger partial charge in [-0.15, -0.1) is 0 Å². The summed E-state index contributed by atoms with van der Waals surface area (Å²) in [5.74, 6) is 0.781. The van der Waals surface area contributed by atoms with Crippen LogP contribution in [0.5, 0.6) is 0 Å². The maximum Gasteiger partial charge on any atom is 0.148 e. The molecule has 0 bridgehead atoms. The highest BCUT2D eigenvalue weighted by Gasteiger charge is 2.12. The fraction of sp³-hybridized carbons (Fsp3) is 0.667. The van der Waals surface area contributed by atoms with Crippen LogP contribution in [-0.2, 0) is 7.05 Å². The minimum Gasteiger partial charge on any atom is -0.394 e. The highest BCUT2D eigenvalue weighted by Crippen LogP contribution is 2.21. The van der Waals surface area contributed by atoms with Crippen LogP contribution >= 0.6 is 0 Å². The fourth-order valence-electron chi connectivity index (χ4n) is 1.32. The maximum atomic E-state index is 9.04. The molecule has 0 saturated carbocycles. The predicted molar refractivity (Wildman–Crippen MR) is 57.1 cm³/mol. The molecule has 0 spiro atoms. The van der Waals surface area contributed by atoms with E-state index in [0.717, 1.165) is 17.9 Å². The second-order valence-corrected chi connectivity index (χ2v) is 3.40. The summed E-state index contributed by atoms with van der Waals surface area (Å²) in [6.45, 7) is 3.97. The van der Waals surface area contributed by atoms with Crippen molar-refractivity contribution < 1.29 is 5.11 Å². The largest absolute Gasteiger partial charge is 0.394 e. The van der Waals surface area contributed by atoms with Gasteiger partial charge in [0.1, 0.15) is 5.82 Å². The molecule has 1 atom stereocenters. The first-order valence-corrected chi connectivity index (χ1v) is 4.76. The van der Waals surface area contributed by atoms with Gasteiger partial charge in [0.15, 0.2) is 0 Å². The number of nitrogens with two attached hydrogens (primary N) is 1. The van der Waals surface area contributed by atoms with E-state index in [1.54, 1.807) is 4.68 Å². The summed E-state index contributed by atoms with van der Waals surface area (Å²) in [7, 11) is 1.83. The third-order valence-corrected chi connectivity index (χ3v) is 2.32. The van der Waals surface area contributed by atoms with Crippen LogP contribution in [0.25, 0.3) is 0 Å². The first-order valence-electron chi connectivity index (χ1n) is 4.76. The summed E-state index contributed by atoms with van der Waals surface area (Å²) in [6, 6.07) is 0.0344. The van der Waals surface area contributed by atoms with Gasteiger partial charge in [-0.3, -0.25) is 4.68 Å². The van der Waals surface area contributed by atoms with Gasteiger partial charge >= 0.3 is 0 Å². The zero-order chi connectivity index (χ0) is 10.7. The van der Waals surface area contributed by atoms with Crippen molar-refractivity contribution in [2.75, 3.05) is 17.7 Å². The topological polar surface area (TPSA) is 76.1 Å². The smallest absolute Gasteiger partial charge is 0.148 e. The molecule has 0 saturated heterocycles. The normalized spacial score (nSPS) is 12.9. The SMILES string of the molecule is CCC(CO)Nc1c(N)c(C)nn1C. The molecule has 1 aromatic rings. The summed E-state index contributed by atoms with van der Waals surface area (Å²) in [4.78, 5) is 0. The van der Waals surface area contributed by atoms with Crippen LogP contribution in [-0.4, -0.2) is 27.5 Å². The van der Waals surface area contributed by atoms with E-state index >= 15 is 0 Å². The second kappa shape index (κ2) is 4.32. The Kier molecular flexibility index (Phi) is 3.35. The van der Waals surface area contributed by atoms with E-state index in [4.69, 9.17) is 10.8 Å². The van der Waals surface area contributed by atoms with E-state index in [1.165, 1.54) is 0 Å². The lowest BCUT2D eigenvalue weighted by atomic mass is 10.2. The molecule has 5 nitrogen and oxygen atoms in total. The van der Waals surface area contributed by atoms with E-state index < -0.39 is 0 Å². The average molecular weight is 198 g/mol. The molecule has 5 heteroatoms. The quantitative estimate of drug-likeness (QED) is 0.658. The first-order chi connectivity index (χ1) is 6.60. The van der Waals surface area contributed by atoms with Gasteiger partial charge in [-0.05, 0) is 13.3 Å². The van der Waals surface area contributed by atoms with Gasteiger partial charge in [-0.1, -0.05) is 6.92 Å². The summed E-state index contributed by atoms with van der Waals surface area (Å²) < 4.78 is 1.70. The number of anilines is 2. The molecule has 1 aromatic heterocycles. The van der Waals surface area contributed by atoms with Gasteiger partial charge in [0.2, 0.25) is 0 Å². The average Bonchev–Trinajstić information content (AvgIpc) is 2.40. The van der Waals surface area contributed by atoms with Crippen molar-refractivity contribution in [3.63, 3.8) is 0 Å².